The van der Waals surface area contributed by atoms with Crippen LogP contribution in [0.2, 0.25) is 0 Å². The maximum absolute atomic E-state index is 12.0. The normalized spacial score (nSPS) is 17.4. The molecule has 0 saturated heterocycles. The van der Waals surface area contributed by atoms with Gasteiger partial charge in [-0.2, -0.15) is 11.8 Å². The molecule has 21 heavy (non-hydrogen) atoms. The second-order valence-corrected chi connectivity index (χ2v) is 7.71. The molecular weight excluding hydrogens is 348 g/mol. The summed E-state index contributed by atoms with van der Waals surface area (Å²) in [6, 6.07) is 7.67. The predicted molar refractivity (Wildman–Crippen MR) is 95.0 cm³/mol. The molecule has 1 fully saturated rings. The third-order valence-corrected chi connectivity index (χ3v) is 6.19. The summed E-state index contributed by atoms with van der Waals surface area (Å²) in [6.07, 6.45) is 8.68. The van der Waals surface area contributed by atoms with Crippen LogP contribution in [0.5, 0.6) is 0 Å². The van der Waals surface area contributed by atoms with Crippen molar-refractivity contribution >= 4 is 39.3 Å². The fourth-order valence-electron chi connectivity index (χ4n) is 2.81. The van der Waals surface area contributed by atoms with Crippen molar-refractivity contribution < 1.29 is 4.79 Å². The van der Waals surface area contributed by atoms with Crippen LogP contribution in [0.1, 0.15) is 32.1 Å². The first kappa shape index (κ1) is 16.8. The highest BCUT2D eigenvalue weighted by Crippen LogP contribution is 2.37. The smallest absolute Gasteiger partial charge is 0.238 e. The lowest BCUT2D eigenvalue weighted by atomic mass is 9.88. The van der Waals surface area contributed by atoms with E-state index in [1.165, 1.54) is 32.1 Å². The third-order valence-electron chi connectivity index (χ3n) is 4.08. The minimum absolute atomic E-state index is 0.00830. The van der Waals surface area contributed by atoms with Crippen molar-refractivity contribution in [1.29, 1.82) is 0 Å². The number of halogens is 1. The van der Waals surface area contributed by atoms with E-state index in [1.807, 2.05) is 36.0 Å². The van der Waals surface area contributed by atoms with Gasteiger partial charge >= 0.3 is 0 Å². The number of rotatable bonds is 6. The third kappa shape index (κ3) is 5.01. The quantitative estimate of drug-likeness (QED) is 0.793. The Kier molecular flexibility index (Phi) is 6.58. The summed E-state index contributed by atoms with van der Waals surface area (Å²) in [5.41, 5.74) is 0.821. The van der Waals surface area contributed by atoms with E-state index in [1.54, 1.807) is 0 Å². The van der Waals surface area contributed by atoms with Gasteiger partial charge in [-0.1, -0.05) is 31.4 Å². The highest BCUT2D eigenvalue weighted by atomic mass is 79.9. The molecule has 0 atom stereocenters. The van der Waals surface area contributed by atoms with Gasteiger partial charge in [-0.25, -0.2) is 0 Å². The Morgan fingerprint density at radius 3 is 2.67 bits per heavy atom. The zero-order chi connectivity index (χ0) is 15.1. The summed E-state index contributed by atoms with van der Waals surface area (Å²) < 4.78 is 1.23. The zero-order valence-electron chi connectivity index (χ0n) is 12.5. The molecule has 1 amide bonds. The van der Waals surface area contributed by atoms with Crippen LogP contribution < -0.4 is 10.6 Å². The second kappa shape index (κ2) is 8.20. The van der Waals surface area contributed by atoms with Gasteiger partial charge in [-0.05, 0) is 47.2 Å². The van der Waals surface area contributed by atoms with Gasteiger partial charge in [0, 0.05) is 15.8 Å². The van der Waals surface area contributed by atoms with Crippen molar-refractivity contribution in [2.24, 2.45) is 0 Å². The van der Waals surface area contributed by atoms with Crippen LogP contribution in [0.4, 0.5) is 5.69 Å². The molecule has 1 saturated carbocycles. The fourth-order valence-corrected chi connectivity index (χ4v) is 4.14. The van der Waals surface area contributed by atoms with Gasteiger partial charge in [-0.15, -0.1) is 0 Å². The van der Waals surface area contributed by atoms with Gasteiger partial charge in [0.25, 0.3) is 0 Å². The Labute approximate surface area is 139 Å². The van der Waals surface area contributed by atoms with E-state index in [2.05, 4.69) is 32.8 Å². The first-order valence-electron chi connectivity index (χ1n) is 7.45. The zero-order valence-corrected chi connectivity index (χ0v) is 14.9. The number of hydrogen-bond donors (Lipinski definition) is 2. The fraction of sp³-hybridized carbons (Fsp3) is 0.562. The van der Waals surface area contributed by atoms with Gasteiger partial charge in [-0.3, -0.25) is 4.79 Å². The number of thioether (sulfide) groups is 1. The van der Waals surface area contributed by atoms with Gasteiger partial charge < -0.3 is 10.6 Å². The molecular formula is C16H23BrN2OS. The van der Waals surface area contributed by atoms with Crippen molar-refractivity contribution in [2.75, 3.05) is 24.7 Å². The van der Waals surface area contributed by atoms with E-state index in [0.717, 1.165) is 16.7 Å². The summed E-state index contributed by atoms with van der Waals surface area (Å²) in [5.74, 6) is 0.00830. The van der Waals surface area contributed by atoms with Crippen molar-refractivity contribution in [3.05, 3.63) is 28.7 Å². The molecule has 1 aromatic rings. The SMILES string of the molecule is CSC1(CNCC(=O)Nc2ccccc2Br)CCCCC1. The topological polar surface area (TPSA) is 41.1 Å². The van der Waals surface area contributed by atoms with E-state index < -0.39 is 0 Å². The Balaban J connectivity index is 1.77. The van der Waals surface area contributed by atoms with Crippen LogP contribution in [0, 0.1) is 0 Å². The maximum atomic E-state index is 12.0. The molecule has 2 N–H and O–H groups in total. The molecule has 3 nitrogen and oxygen atoms in total. The standard InChI is InChI=1S/C16H23BrN2OS/c1-21-16(9-5-2-6-10-16)12-18-11-15(20)19-14-8-4-3-7-13(14)17/h3-4,7-8,18H,2,5-6,9-12H2,1H3,(H,19,20). The number of carbonyl (C=O) groups is 1. The number of carbonyl (C=O) groups excluding carboxylic acids is 1. The Bertz CT molecular complexity index is 475. The van der Waals surface area contributed by atoms with Gasteiger partial charge in [0.15, 0.2) is 0 Å². The van der Waals surface area contributed by atoms with Crippen molar-refractivity contribution in [2.45, 2.75) is 36.9 Å². The van der Waals surface area contributed by atoms with Crippen LogP contribution in [0.15, 0.2) is 28.7 Å². The summed E-state index contributed by atoms with van der Waals surface area (Å²) in [7, 11) is 0. The summed E-state index contributed by atoms with van der Waals surface area (Å²) >= 11 is 5.39. The molecule has 1 aliphatic rings. The van der Waals surface area contributed by atoms with Crippen molar-refractivity contribution in [3.63, 3.8) is 0 Å². The molecule has 1 aliphatic carbocycles. The molecule has 0 unspecified atom stereocenters. The van der Waals surface area contributed by atoms with E-state index in [4.69, 9.17) is 0 Å². The predicted octanol–water partition coefficient (Wildman–Crippen LogP) is 4.04. The Hall–Kier alpha value is -0.520. The summed E-state index contributed by atoms with van der Waals surface area (Å²) in [5, 5.41) is 6.26. The molecule has 0 aliphatic heterocycles. The van der Waals surface area contributed by atoms with Crippen LogP contribution in [0.3, 0.4) is 0 Å². The first-order valence-corrected chi connectivity index (χ1v) is 9.47. The largest absolute Gasteiger partial charge is 0.324 e. The van der Waals surface area contributed by atoms with E-state index in [-0.39, 0.29) is 5.91 Å². The molecule has 0 spiro atoms. The van der Waals surface area contributed by atoms with E-state index >= 15 is 0 Å². The van der Waals surface area contributed by atoms with E-state index in [9.17, 15) is 4.79 Å². The summed E-state index contributed by atoms with van der Waals surface area (Å²) in [4.78, 5) is 12.0. The van der Waals surface area contributed by atoms with Crippen molar-refractivity contribution in [3.8, 4) is 0 Å². The minimum Gasteiger partial charge on any atom is -0.324 e. The summed E-state index contributed by atoms with van der Waals surface area (Å²) in [6.45, 7) is 1.28. The first-order chi connectivity index (χ1) is 10.2. The molecule has 2 rings (SSSR count). The number of amides is 1. The lowest BCUT2D eigenvalue weighted by Gasteiger charge is -2.36. The van der Waals surface area contributed by atoms with Crippen LogP contribution in [-0.4, -0.2) is 30.0 Å². The lowest BCUT2D eigenvalue weighted by molar-refractivity contribution is -0.115. The number of anilines is 1. The van der Waals surface area contributed by atoms with Gasteiger partial charge in [0.1, 0.15) is 0 Å². The van der Waals surface area contributed by atoms with E-state index in [0.29, 0.717) is 11.3 Å². The van der Waals surface area contributed by atoms with Crippen molar-refractivity contribution in [1.82, 2.24) is 5.32 Å². The van der Waals surface area contributed by atoms with Gasteiger partial charge in [0.05, 0.1) is 12.2 Å². The highest BCUT2D eigenvalue weighted by molar-refractivity contribution is 9.10. The average molecular weight is 371 g/mol. The molecule has 116 valence electrons. The number of benzene rings is 1. The Morgan fingerprint density at radius 1 is 1.29 bits per heavy atom. The minimum atomic E-state index is 0.00830. The van der Waals surface area contributed by atoms with Crippen LogP contribution in [0.25, 0.3) is 0 Å². The molecule has 0 radical (unpaired) electrons. The second-order valence-electron chi connectivity index (χ2n) is 5.58. The average Bonchev–Trinajstić information content (AvgIpc) is 2.50. The highest BCUT2D eigenvalue weighted by Gasteiger charge is 2.30. The number of nitrogens with one attached hydrogen (secondary N) is 2. The molecule has 0 bridgehead atoms. The molecule has 5 heteroatoms. The van der Waals surface area contributed by atoms with Crippen LogP contribution >= 0.6 is 27.7 Å². The number of hydrogen-bond acceptors (Lipinski definition) is 3. The lowest BCUT2D eigenvalue weighted by Crippen LogP contribution is -2.42. The maximum Gasteiger partial charge on any atom is 0.238 e. The monoisotopic (exact) mass is 370 g/mol. The number of para-hydroxylation sites is 1. The van der Waals surface area contributed by atoms with Crippen LogP contribution in [-0.2, 0) is 4.79 Å². The molecule has 0 aromatic heterocycles. The molecule has 0 heterocycles. The molecule has 1 aromatic carbocycles. The Morgan fingerprint density at radius 2 is 2.00 bits per heavy atom. The van der Waals surface area contributed by atoms with Gasteiger partial charge in [0.2, 0.25) is 5.91 Å².